The molecule has 0 aromatic heterocycles. The number of rotatable bonds is 17. The van der Waals surface area contributed by atoms with E-state index in [9.17, 15) is 24.0 Å². The molecule has 4 aromatic rings. The maximum Gasteiger partial charge on any atom is 0.343 e. The first-order valence-corrected chi connectivity index (χ1v) is 18.4. The SMILES string of the molecule is C=CC(=O)OCCCCOc1ccc(C(=O)Oc2ccc(C(=O)O[C@H]3CO[C@H]4[C@@H]3OC[C@H]4OC(=O)C=Cc3ccc(-c4ccc(OC(=O)C=C)cc4)cc3)cc2)cc1. The Labute approximate surface area is 334 Å². The summed E-state index contributed by atoms with van der Waals surface area (Å²) in [5.41, 5.74) is 3.17. The van der Waals surface area contributed by atoms with E-state index in [4.69, 9.17) is 37.9 Å². The highest BCUT2D eigenvalue weighted by atomic mass is 16.7. The molecule has 2 fully saturated rings. The van der Waals surface area contributed by atoms with Gasteiger partial charge in [0.1, 0.15) is 29.5 Å². The lowest BCUT2D eigenvalue weighted by molar-refractivity contribution is -0.147. The highest BCUT2D eigenvalue weighted by Crippen LogP contribution is 2.31. The van der Waals surface area contributed by atoms with Gasteiger partial charge in [-0.1, -0.05) is 49.6 Å². The molecule has 2 aliphatic heterocycles. The number of esters is 5. The summed E-state index contributed by atoms with van der Waals surface area (Å²) in [5, 5.41) is 0. The van der Waals surface area contributed by atoms with Crippen LogP contribution in [-0.4, -0.2) is 80.7 Å². The van der Waals surface area contributed by atoms with E-state index in [1.54, 1.807) is 42.5 Å². The summed E-state index contributed by atoms with van der Waals surface area (Å²) in [4.78, 5) is 60.8. The van der Waals surface area contributed by atoms with Crippen LogP contribution < -0.4 is 14.2 Å². The monoisotopic (exact) mass is 788 g/mol. The summed E-state index contributed by atoms with van der Waals surface area (Å²) in [6, 6.07) is 27.0. The molecule has 0 radical (unpaired) electrons. The van der Waals surface area contributed by atoms with Crippen molar-refractivity contribution in [2.24, 2.45) is 0 Å². The second-order valence-corrected chi connectivity index (χ2v) is 13.0. The first kappa shape index (κ1) is 40.8. The smallest absolute Gasteiger partial charge is 0.343 e. The summed E-state index contributed by atoms with van der Waals surface area (Å²) in [6.45, 7) is 7.57. The Morgan fingerprint density at radius 3 is 1.71 bits per heavy atom. The van der Waals surface area contributed by atoms with Crippen LogP contribution in [0.3, 0.4) is 0 Å². The van der Waals surface area contributed by atoms with Gasteiger partial charge in [0.25, 0.3) is 0 Å². The lowest BCUT2D eigenvalue weighted by Gasteiger charge is -2.17. The van der Waals surface area contributed by atoms with Gasteiger partial charge in [0.05, 0.1) is 37.6 Å². The first-order valence-electron chi connectivity index (χ1n) is 18.4. The largest absolute Gasteiger partial charge is 0.494 e. The molecular formula is C45H40O13. The van der Waals surface area contributed by atoms with Gasteiger partial charge >= 0.3 is 29.8 Å². The second kappa shape index (κ2) is 19.9. The van der Waals surface area contributed by atoms with E-state index in [0.29, 0.717) is 36.5 Å². The highest BCUT2D eigenvalue weighted by molar-refractivity contribution is 5.92. The molecule has 6 rings (SSSR count). The maximum absolute atomic E-state index is 13.0. The molecule has 4 aromatic carbocycles. The van der Waals surface area contributed by atoms with Crippen molar-refractivity contribution in [2.75, 3.05) is 26.4 Å². The molecule has 2 heterocycles. The molecule has 0 bridgehead atoms. The van der Waals surface area contributed by atoms with Gasteiger partial charge in [0, 0.05) is 18.2 Å². The van der Waals surface area contributed by atoms with Crippen LogP contribution in [0, 0.1) is 0 Å². The van der Waals surface area contributed by atoms with Crippen LogP contribution in [0.1, 0.15) is 39.1 Å². The average molecular weight is 789 g/mol. The van der Waals surface area contributed by atoms with E-state index < -0.39 is 54.3 Å². The second-order valence-electron chi connectivity index (χ2n) is 13.0. The number of hydrogen-bond acceptors (Lipinski definition) is 13. The Balaban J connectivity index is 0.912. The summed E-state index contributed by atoms with van der Waals surface area (Å²) in [7, 11) is 0. The van der Waals surface area contributed by atoms with Crippen molar-refractivity contribution in [3.63, 3.8) is 0 Å². The van der Waals surface area contributed by atoms with Crippen LogP contribution in [-0.2, 0) is 38.1 Å². The molecule has 2 saturated heterocycles. The minimum Gasteiger partial charge on any atom is -0.494 e. The van der Waals surface area contributed by atoms with Crippen LogP contribution in [0.25, 0.3) is 17.2 Å². The molecule has 0 aliphatic carbocycles. The summed E-state index contributed by atoms with van der Waals surface area (Å²) < 4.78 is 44.1. The van der Waals surface area contributed by atoms with Crippen molar-refractivity contribution < 1.29 is 61.9 Å². The number of unbranched alkanes of at least 4 members (excludes halogenated alkanes) is 1. The number of hydrogen-bond donors (Lipinski definition) is 0. The van der Waals surface area contributed by atoms with Gasteiger partial charge in [-0.25, -0.2) is 24.0 Å². The lowest BCUT2D eigenvalue weighted by Crippen LogP contribution is -2.35. The van der Waals surface area contributed by atoms with E-state index >= 15 is 0 Å². The van der Waals surface area contributed by atoms with Crippen molar-refractivity contribution in [1.29, 1.82) is 0 Å². The number of carbonyl (C=O) groups excluding carboxylic acids is 5. The summed E-state index contributed by atoms with van der Waals surface area (Å²) >= 11 is 0. The van der Waals surface area contributed by atoms with Gasteiger partial charge in [-0.15, -0.1) is 0 Å². The third-order valence-corrected chi connectivity index (χ3v) is 8.99. The molecule has 58 heavy (non-hydrogen) atoms. The molecule has 2 aliphatic rings. The third kappa shape index (κ3) is 11.1. The van der Waals surface area contributed by atoms with Gasteiger partial charge in [-0.2, -0.15) is 0 Å². The number of carbonyl (C=O) groups is 5. The molecule has 0 unspecified atom stereocenters. The molecule has 0 amide bonds. The van der Waals surface area contributed by atoms with E-state index in [2.05, 4.69) is 13.2 Å². The number of ether oxygens (including phenoxy) is 8. The molecule has 0 N–H and O–H groups in total. The normalized spacial score (nSPS) is 18.1. The van der Waals surface area contributed by atoms with Crippen LogP contribution in [0.4, 0.5) is 0 Å². The van der Waals surface area contributed by atoms with Crippen molar-refractivity contribution >= 4 is 35.9 Å². The Morgan fingerprint density at radius 2 is 1.09 bits per heavy atom. The molecular weight excluding hydrogens is 748 g/mol. The molecule has 0 spiro atoms. The number of benzene rings is 4. The molecule has 0 saturated carbocycles. The summed E-state index contributed by atoms with van der Waals surface area (Å²) in [5.74, 6) is -1.56. The van der Waals surface area contributed by atoms with Crippen LogP contribution >= 0.6 is 0 Å². The maximum atomic E-state index is 13.0. The Bertz CT molecular complexity index is 2120. The molecule has 298 valence electrons. The lowest BCUT2D eigenvalue weighted by atomic mass is 10.0. The van der Waals surface area contributed by atoms with E-state index in [1.165, 1.54) is 30.3 Å². The van der Waals surface area contributed by atoms with E-state index in [1.807, 2.05) is 36.4 Å². The minimum atomic E-state index is -0.722. The van der Waals surface area contributed by atoms with Crippen LogP contribution in [0.15, 0.2) is 128 Å². The predicted molar refractivity (Wildman–Crippen MR) is 209 cm³/mol. The van der Waals surface area contributed by atoms with E-state index in [-0.39, 0.29) is 31.1 Å². The zero-order valence-electron chi connectivity index (χ0n) is 31.3. The molecule has 13 heteroatoms. The van der Waals surface area contributed by atoms with Gasteiger partial charge in [-0.3, -0.25) is 0 Å². The summed E-state index contributed by atoms with van der Waals surface area (Å²) in [6.07, 6.45) is 3.85. The fraction of sp³-hybridized carbons (Fsp3) is 0.222. The standard InChI is InChI=1S/C45H40O13/c1-3-39(46)52-26-6-5-25-51-34-18-14-32(15-19-34)44(49)56-36-22-16-33(17-23-36)45(50)58-38-28-54-42-37(27-53-43(38)42)57-41(48)24-9-29-7-10-30(11-8-29)31-12-20-35(21-13-31)55-40(47)4-2/h3-4,7-24,37-38,42-43H,1-2,5-6,25-28H2/t37-,38+,42-,43-/m1/s1. The molecule has 13 nitrogen and oxygen atoms in total. The fourth-order valence-corrected chi connectivity index (χ4v) is 5.99. The van der Waals surface area contributed by atoms with Gasteiger partial charge in [0.2, 0.25) is 0 Å². The Hall–Kier alpha value is -6.83. The minimum absolute atomic E-state index is 0.0623. The highest BCUT2D eigenvalue weighted by Gasteiger charge is 2.51. The Morgan fingerprint density at radius 1 is 0.569 bits per heavy atom. The van der Waals surface area contributed by atoms with Crippen molar-refractivity contribution in [3.8, 4) is 28.4 Å². The fourth-order valence-electron chi connectivity index (χ4n) is 5.99. The van der Waals surface area contributed by atoms with Gasteiger partial charge in [-0.05, 0) is 96.3 Å². The number of fused-ring (bicyclic) bond motifs is 1. The predicted octanol–water partition coefficient (Wildman–Crippen LogP) is 6.50. The van der Waals surface area contributed by atoms with Crippen molar-refractivity contribution in [1.82, 2.24) is 0 Å². The van der Waals surface area contributed by atoms with E-state index in [0.717, 1.165) is 28.8 Å². The van der Waals surface area contributed by atoms with Gasteiger partial charge < -0.3 is 37.9 Å². The van der Waals surface area contributed by atoms with Crippen molar-refractivity contribution in [2.45, 2.75) is 37.3 Å². The zero-order chi connectivity index (χ0) is 40.9. The first-order chi connectivity index (χ1) is 28.2. The molecule has 4 atom stereocenters. The van der Waals surface area contributed by atoms with Crippen LogP contribution in [0.2, 0.25) is 0 Å². The Kier molecular flexibility index (Phi) is 14.0. The van der Waals surface area contributed by atoms with Crippen LogP contribution in [0.5, 0.6) is 17.2 Å². The van der Waals surface area contributed by atoms with Crippen molar-refractivity contribution in [3.05, 3.63) is 145 Å². The third-order valence-electron chi connectivity index (χ3n) is 8.99. The zero-order valence-corrected chi connectivity index (χ0v) is 31.3. The quantitative estimate of drug-likeness (QED) is 0.0376. The van der Waals surface area contributed by atoms with Gasteiger partial charge in [0.15, 0.2) is 12.2 Å². The average Bonchev–Trinajstić information content (AvgIpc) is 3.84. The topological polar surface area (TPSA) is 159 Å².